The lowest BCUT2D eigenvalue weighted by molar-refractivity contribution is 0.184. The van der Waals surface area contributed by atoms with Gasteiger partial charge in [-0.1, -0.05) is 18.9 Å². The Bertz CT molecular complexity index is 509. The van der Waals surface area contributed by atoms with Crippen LogP contribution in [0.1, 0.15) is 36.3 Å². The summed E-state index contributed by atoms with van der Waals surface area (Å²) in [5, 5.41) is 5.19. The molecule has 0 spiro atoms. The first-order valence-corrected chi connectivity index (χ1v) is 8.29. The van der Waals surface area contributed by atoms with Crippen LogP contribution in [0.25, 0.3) is 0 Å². The fourth-order valence-electron chi connectivity index (χ4n) is 2.72. The molecular formula is C16H20N2O2S. The van der Waals surface area contributed by atoms with Gasteiger partial charge in [-0.2, -0.15) is 0 Å². The SMILES string of the molecule is O=C(NC1CCCC1)N(Cc1ccco1)Cc1cccs1. The number of furan rings is 1. The number of nitrogens with zero attached hydrogens (tertiary/aromatic N) is 1. The van der Waals surface area contributed by atoms with Crippen molar-refractivity contribution in [2.24, 2.45) is 0 Å². The fourth-order valence-corrected chi connectivity index (χ4v) is 3.44. The molecule has 1 N–H and O–H groups in total. The van der Waals surface area contributed by atoms with E-state index >= 15 is 0 Å². The number of carbonyl (C=O) groups excluding carboxylic acids is 1. The highest BCUT2D eigenvalue weighted by molar-refractivity contribution is 7.09. The van der Waals surface area contributed by atoms with Crippen molar-refractivity contribution in [3.05, 3.63) is 46.5 Å². The van der Waals surface area contributed by atoms with Gasteiger partial charge in [-0.05, 0) is 36.4 Å². The standard InChI is InChI=1S/C16H20N2O2S/c19-16(17-13-5-1-2-6-13)18(11-14-7-3-9-20-14)12-15-8-4-10-21-15/h3-4,7-10,13H,1-2,5-6,11-12H2,(H,17,19). The minimum Gasteiger partial charge on any atom is -0.467 e. The first-order chi connectivity index (χ1) is 10.3. The van der Waals surface area contributed by atoms with Crippen molar-refractivity contribution in [1.29, 1.82) is 0 Å². The maximum atomic E-state index is 12.5. The number of rotatable bonds is 5. The monoisotopic (exact) mass is 304 g/mol. The summed E-state index contributed by atoms with van der Waals surface area (Å²) in [6, 6.07) is 8.17. The van der Waals surface area contributed by atoms with E-state index in [2.05, 4.69) is 11.4 Å². The van der Waals surface area contributed by atoms with E-state index in [4.69, 9.17) is 4.42 Å². The van der Waals surface area contributed by atoms with Crippen molar-refractivity contribution in [1.82, 2.24) is 10.2 Å². The van der Waals surface area contributed by atoms with Crippen molar-refractivity contribution >= 4 is 17.4 Å². The number of nitrogens with one attached hydrogen (secondary N) is 1. The maximum absolute atomic E-state index is 12.5. The minimum absolute atomic E-state index is 0.00620. The molecule has 1 aliphatic carbocycles. The van der Waals surface area contributed by atoms with Gasteiger partial charge in [0.1, 0.15) is 5.76 Å². The van der Waals surface area contributed by atoms with Crippen molar-refractivity contribution in [2.75, 3.05) is 0 Å². The van der Waals surface area contributed by atoms with Crippen LogP contribution in [-0.2, 0) is 13.1 Å². The van der Waals surface area contributed by atoms with Gasteiger partial charge < -0.3 is 14.6 Å². The molecule has 3 rings (SSSR count). The van der Waals surface area contributed by atoms with E-state index in [1.807, 2.05) is 28.5 Å². The number of hydrogen-bond donors (Lipinski definition) is 1. The molecule has 2 aromatic rings. The number of thiophene rings is 1. The Hall–Kier alpha value is -1.75. The van der Waals surface area contributed by atoms with Gasteiger partial charge in [-0.3, -0.25) is 0 Å². The second kappa shape index (κ2) is 6.80. The van der Waals surface area contributed by atoms with Gasteiger partial charge >= 0.3 is 6.03 Å². The topological polar surface area (TPSA) is 45.5 Å². The molecule has 2 aromatic heterocycles. The van der Waals surface area contributed by atoms with Gasteiger partial charge in [0.05, 0.1) is 19.4 Å². The predicted molar refractivity (Wildman–Crippen MR) is 83.1 cm³/mol. The molecule has 0 saturated heterocycles. The lowest BCUT2D eigenvalue weighted by atomic mass is 10.2. The molecule has 5 heteroatoms. The average Bonchev–Trinajstić information content (AvgIpc) is 3.21. The van der Waals surface area contributed by atoms with E-state index in [9.17, 15) is 4.79 Å². The number of urea groups is 1. The van der Waals surface area contributed by atoms with Gasteiger partial charge in [0.2, 0.25) is 0 Å². The van der Waals surface area contributed by atoms with E-state index < -0.39 is 0 Å². The van der Waals surface area contributed by atoms with Crippen LogP contribution < -0.4 is 5.32 Å². The minimum atomic E-state index is 0.00620. The molecule has 0 aliphatic heterocycles. The molecule has 2 heterocycles. The summed E-state index contributed by atoms with van der Waals surface area (Å²) in [5.41, 5.74) is 0. The molecule has 1 aliphatic rings. The van der Waals surface area contributed by atoms with E-state index in [-0.39, 0.29) is 6.03 Å². The molecule has 2 amide bonds. The summed E-state index contributed by atoms with van der Waals surface area (Å²) >= 11 is 1.67. The van der Waals surface area contributed by atoms with Crippen LogP contribution in [-0.4, -0.2) is 17.0 Å². The lowest BCUT2D eigenvalue weighted by Gasteiger charge is -2.24. The van der Waals surface area contributed by atoms with Crippen LogP contribution in [0.3, 0.4) is 0 Å². The Balaban J connectivity index is 1.66. The molecule has 0 atom stereocenters. The van der Waals surface area contributed by atoms with Crippen molar-refractivity contribution in [3.63, 3.8) is 0 Å². The Kier molecular flexibility index (Phi) is 4.60. The molecule has 21 heavy (non-hydrogen) atoms. The molecule has 0 aromatic carbocycles. The van der Waals surface area contributed by atoms with E-state index in [0.717, 1.165) is 18.6 Å². The molecule has 0 bridgehead atoms. The zero-order valence-electron chi connectivity index (χ0n) is 12.0. The molecule has 1 fully saturated rings. The third kappa shape index (κ3) is 3.88. The first-order valence-electron chi connectivity index (χ1n) is 7.41. The second-order valence-corrected chi connectivity index (χ2v) is 6.48. The predicted octanol–water partition coefficient (Wildman–Crippen LogP) is 4.00. The van der Waals surface area contributed by atoms with E-state index in [0.29, 0.717) is 19.1 Å². The molecule has 112 valence electrons. The summed E-state index contributed by atoms with van der Waals surface area (Å²) in [7, 11) is 0. The summed E-state index contributed by atoms with van der Waals surface area (Å²) in [4.78, 5) is 15.5. The van der Waals surface area contributed by atoms with Crippen LogP contribution in [0, 0.1) is 0 Å². The molecule has 0 radical (unpaired) electrons. The van der Waals surface area contributed by atoms with Crippen LogP contribution in [0.15, 0.2) is 40.3 Å². The van der Waals surface area contributed by atoms with Crippen molar-refractivity contribution in [3.8, 4) is 0 Å². The van der Waals surface area contributed by atoms with Crippen molar-refractivity contribution in [2.45, 2.75) is 44.8 Å². The summed E-state index contributed by atoms with van der Waals surface area (Å²) in [6.07, 6.45) is 6.27. The Labute approximate surface area is 128 Å². The van der Waals surface area contributed by atoms with Gasteiger partial charge in [-0.15, -0.1) is 11.3 Å². The highest BCUT2D eigenvalue weighted by Gasteiger charge is 2.22. The molecule has 0 unspecified atom stereocenters. The van der Waals surface area contributed by atoms with Gasteiger partial charge in [0.25, 0.3) is 0 Å². The van der Waals surface area contributed by atoms with Crippen LogP contribution in [0.2, 0.25) is 0 Å². The smallest absolute Gasteiger partial charge is 0.318 e. The summed E-state index contributed by atoms with van der Waals surface area (Å²) in [5.74, 6) is 0.813. The number of hydrogen-bond acceptors (Lipinski definition) is 3. The summed E-state index contributed by atoms with van der Waals surface area (Å²) < 4.78 is 5.39. The largest absolute Gasteiger partial charge is 0.467 e. The fraction of sp³-hybridized carbons (Fsp3) is 0.438. The Morgan fingerprint density at radius 3 is 2.81 bits per heavy atom. The lowest BCUT2D eigenvalue weighted by Crippen LogP contribution is -2.43. The number of amides is 2. The quantitative estimate of drug-likeness (QED) is 0.907. The average molecular weight is 304 g/mol. The van der Waals surface area contributed by atoms with Gasteiger partial charge in [0.15, 0.2) is 0 Å². The Morgan fingerprint density at radius 1 is 1.29 bits per heavy atom. The van der Waals surface area contributed by atoms with Gasteiger partial charge in [-0.25, -0.2) is 4.79 Å². The zero-order valence-corrected chi connectivity index (χ0v) is 12.8. The Morgan fingerprint density at radius 2 is 2.14 bits per heavy atom. The van der Waals surface area contributed by atoms with Crippen molar-refractivity contribution < 1.29 is 9.21 Å². The normalized spacial score (nSPS) is 15.2. The van der Waals surface area contributed by atoms with E-state index in [1.165, 1.54) is 17.7 Å². The third-order valence-electron chi connectivity index (χ3n) is 3.82. The highest BCUT2D eigenvalue weighted by Crippen LogP contribution is 2.19. The number of carbonyl (C=O) groups is 1. The van der Waals surface area contributed by atoms with E-state index in [1.54, 1.807) is 17.6 Å². The maximum Gasteiger partial charge on any atom is 0.318 e. The molecule has 4 nitrogen and oxygen atoms in total. The van der Waals surface area contributed by atoms with Crippen LogP contribution >= 0.6 is 11.3 Å². The van der Waals surface area contributed by atoms with Crippen LogP contribution in [0.5, 0.6) is 0 Å². The van der Waals surface area contributed by atoms with Gasteiger partial charge in [0, 0.05) is 10.9 Å². The molecule has 1 saturated carbocycles. The summed E-state index contributed by atoms with van der Waals surface area (Å²) in [6.45, 7) is 1.13. The highest BCUT2D eigenvalue weighted by atomic mass is 32.1. The third-order valence-corrected chi connectivity index (χ3v) is 4.68. The first kappa shape index (κ1) is 14.2. The van der Waals surface area contributed by atoms with Crippen LogP contribution in [0.4, 0.5) is 4.79 Å². The molecular weight excluding hydrogens is 284 g/mol. The second-order valence-electron chi connectivity index (χ2n) is 5.45. The zero-order chi connectivity index (χ0) is 14.5.